The molecule has 0 heterocycles. The summed E-state index contributed by atoms with van der Waals surface area (Å²) < 4.78 is 0. The average Bonchev–Trinajstić information content (AvgIpc) is 2.05. The van der Waals surface area contributed by atoms with Gasteiger partial charge in [-0.15, -0.1) is 17.0 Å². The van der Waals surface area contributed by atoms with E-state index < -0.39 is 0 Å². The van der Waals surface area contributed by atoms with E-state index in [9.17, 15) is 0 Å². The molecule has 0 aromatic heterocycles. The summed E-state index contributed by atoms with van der Waals surface area (Å²) in [6, 6.07) is 8.01. The van der Waals surface area contributed by atoms with Gasteiger partial charge in [0.2, 0.25) is 0 Å². The molecule has 0 radical (unpaired) electrons. The van der Waals surface area contributed by atoms with Gasteiger partial charge in [0, 0.05) is 13.1 Å². The molecule has 0 bridgehead atoms. The van der Waals surface area contributed by atoms with E-state index in [0.29, 0.717) is 13.1 Å². The third kappa shape index (κ3) is 3.01. The van der Waals surface area contributed by atoms with Crippen LogP contribution in [-0.2, 0) is 13.1 Å². The van der Waals surface area contributed by atoms with E-state index in [0.717, 1.165) is 11.1 Å². The first kappa shape index (κ1) is 10.6. The van der Waals surface area contributed by atoms with Crippen molar-refractivity contribution in [2.45, 2.75) is 13.1 Å². The van der Waals surface area contributed by atoms with Crippen molar-refractivity contribution in [2.24, 2.45) is 11.5 Å². The predicted molar refractivity (Wildman–Crippen MR) is 52.5 cm³/mol. The molecule has 3 heteroatoms. The molecule has 0 atom stereocenters. The summed E-state index contributed by atoms with van der Waals surface area (Å²) in [7, 11) is 0. The fourth-order valence-corrected chi connectivity index (χ4v) is 0.811. The van der Waals surface area contributed by atoms with Crippen LogP contribution < -0.4 is 11.5 Å². The van der Waals surface area contributed by atoms with Gasteiger partial charge in [0.15, 0.2) is 0 Å². The molecule has 1 rings (SSSR count). The van der Waals surface area contributed by atoms with Gasteiger partial charge in [-0.05, 0) is 11.1 Å². The number of halogens is 1. The molecule has 62 valence electrons. The van der Waals surface area contributed by atoms with Gasteiger partial charge in [0.1, 0.15) is 0 Å². The molecule has 2 nitrogen and oxygen atoms in total. The van der Waals surface area contributed by atoms with Gasteiger partial charge in [-0.2, -0.15) is 0 Å². The summed E-state index contributed by atoms with van der Waals surface area (Å²) in [5, 5.41) is 0. The molecular weight excluding hydrogens is 204 g/mol. The first-order valence-corrected chi connectivity index (χ1v) is 3.34. The van der Waals surface area contributed by atoms with E-state index in [2.05, 4.69) is 0 Å². The maximum absolute atomic E-state index is 5.41. The normalized spacial score (nSPS) is 8.91. The van der Waals surface area contributed by atoms with Gasteiger partial charge in [-0.1, -0.05) is 24.3 Å². The smallest absolute Gasteiger partial charge is 0.0178 e. The second-order valence-electron chi connectivity index (χ2n) is 2.22. The summed E-state index contributed by atoms with van der Waals surface area (Å²) in [5.74, 6) is 0. The highest BCUT2D eigenvalue weighted by Gasteiger charge is 1.88. The van der Waals surface area contributed by atoms with Gasteiger partial charge in [0.25, 0.3) is 0 Å². The highest BCUT2D eigenvalue weighted by molar-refractivity contribution is 8.93. The van der Waals surface area contributed by atoms with Crippen molar-refractivity contribution in [2.75, 3.05) is 0 Å². The molecule has 0 amide bonds. The average molecular weight is 217 g/mol. The van der Waals surface area contributed by atoms with Crippen LogP contribution in [0, 0.1) is 0 Å². The van der Waals surface area contributed by atoms with Crippen LogP contribution in [0.1, 0.15) is 11.1 Å². The summed E-state index contributed by atoms with van der Waals surface area (Å²) in [4.78, 5) is 0. The van der Waals surface area contributed by atoms with E-state index in [4.69, 9.17) is 11.5 Å². The Morgan fingerprint density at radius 1 is 0.818 bits per heavy atom. The standard InChI is InChI=1S/C8H12N2.BrH/c9-5-7-1-2-8(6-10)4-3-7;/h1-4H,5-6,9-10H2;1H. The molecule has 0 saturated carbocycles. The maximum atomic E-state index is 5.41. The van der Waals surface area contributed by atoms with Crippen LogP contribution in [0.15, 0.2) is 24.3 Å². The van der Waals surface area contributed by atoms with Gasteiger partial charge in [-0.25, -0.2) is 0 Å². The third-order valence-electron chi connectivity index (χ3n) is 1.49. The van der Waals surface area contributed by atoms with Crippen molar-refractivity contribution in [1.82, 2.24) is 0 Å². The van der Waals surface area contributed by atoms with Crippen LogP contribution in [0.4, 0.5) is 0 Å². The summed E-state index contributed by atoms with van der Waals surface area (Å²) in [5.41, 5.74) is 13.1. The zero-order valence-corrected chi connectivity index (χ0v) is 8.00. The number of nitrogens with two attached hydrogens (primary N) is 2. The van der Waals surface area contributed by atoms with Crippen LogP contribution in [0.5, 0.6) is 0 Å². The SMILES string of the molecule is Br.NCc1ccc(CN)cc1. The second kappa shape index (κ2) is 5.29. The van der Waals surface area contributed by atoms with Crippen molar-refractivity contribution in [3.8, 4) is 0 Å². The molecule has 0 aliphatic carbocycles. The maximum Gasteiger partial charge on any atom is 0.0178 e. The third-order valence-corrected chi connectivity index (χ3v) is 1.49. The Balaban J connectivity index is 0.000001000. The number of benzene rings is 1. The van der Waals surface area contributed by atoms with Crippen LogP contribution in [0.25, 0.3) is 0 Å². The minimum atomic E-state index is 0. The summed E-state index contributed by atoms with van der Waals surface area (Å²) >= 11 is 0. The lowest BCUT2D eigenvalue weighted by molar-refractivity contribution is 1.04. The predicted octanol–water partition coefficient (Wildman–Crippen LogP) is 1.18. The summed E-state index contributed by atoms with van der Waals surface area (Å²) in [6.07, 6.45) is 0. The monoisotopic (exact) mass is 216 g/mol. The summed E-state index contributed by atoms with van der Waals surface area (Å²) in [6.45, 7) is 1.20. The van der Waals surface area contributed by atoms with E-state index in [1.165, 1.54) is 0 Å². The first-order valence-electron chi connectivity index (χ1n) is 3.34. The van der Waals surface area contributed by atoms with Crippen molar-refractivity contribution >= 4 is 17.0 Å². The fraction of sp³-hybridized carbons (Fsp3) is 0.250. The van der Waals surface area contributed by atoms with Crippen LogP contribution in [-0.4, -0.2) is 0 Å². The topological polar surface area (TPSA) is 52.0 Å². The quantitative estimate of drug-likeness (QED) is 0.781. The molecule has 0 spiro atoms. The molecule has 1 aromatic rings. The molecule has 0 fully saturated rings. The van der Waals surface area contributed by atoms with Crippen LogP contribution in [0.2, 0.25) is 0 Å². The number of hydrogen-bond donors (Lipinski definition) is 2. The van der Waals surface area contributed by atoms with Crippen molar-refractivity contribution in [3.05, 3.63) is 35.4 Å². The lowest BCUT2D eigenvalue weighted by Crippen LogP contribution is -1.98. The molecular formula is C8H13BrN2. The van der Waals surface area contributed by atoms with Crippen molar-refractivity contribution < 1.29 is 0 Å². The van der Waals surface area contributed by atoms with E-state index in [1.54, 1.807) is 0 Å². The van der Waals surface area contributed by atoms with E-state index in [1.807, 2.05) is 24.3 Å². The second-order valence-corrected chi connectivity index (χ2v) is 2.22. The zero-order valence-electron chi connectivity index (χ0n) is 6.29. The molecule has 0 aliphatic rings. The molecule has 11 heavy (non-hydrogen) atoms. The Bertz CT molecular complexity index is 173. The Hall–Kier alpha value is -0.380. The first-order chi connectivity index (χ1) is 4.86. The van der Waals surface area contributed by atoms with E-state index in [-0.39, 0.29) is 17.0 Å². The lowest BCUT2D eigenvalue weighted by Gasteiger charge is -1.97. The van der Waals surface area contributed by atoms with Gasteiger partial charge in [-0.3, -0.25) is 0 Å². The van der Waals surface area contributed by atoms with Crippen LogP contribution in [0.3, 0.4) is 0 Å². The van der Waals surface area contributed by atoms with Crippen molar-refractivity contribution in [3.63, 3.8) is 0 Å². The number of rotatable bonds is 2. The minimum Gasteiger partial charge on any atom is -0.326 e. The van der Waals surface area contributed by atoms with Gasteiger partial charge < -0.3 is 11.5 Å². The Morgan fingerprint density at radius 3 is 1.27 bits per heavy atom. The van der Waals surface area contributed by atoms with Crippen molar-refractivity contribution in [1.29, 1.82) is 0 Å². The molecule has 0 aliphatic heterocycles. The Morgan fingerprint density at radius 2 is 1.09 bits per heavy atom. The highest BCUT2D eigenvalue weighted by Crippen LogP contribution is 2.01. The van der Waals surface area contributed by atoms with Crippen LogP contribution >= 0.6 is 17.0 Å². The zero-order chi connectivity index (χ0) is 7.40. The Kier molecular flexibility index (Phi) is 5.11. The minimum absolute atomic E-state index is 0. The molecule has 4 N–H and O–H groups in total. The molecule has 1 aromatic carbocycles. The lowest BCUT2D eigenvalue weighted by atomic mass is 10.1. The van der Waals surface area contributed by atoms with Gasteiger partial charge >= 0.3 is 0 Å². The van der Waals surface area contributed by atoms with Gasteiger partial charge in [0.05, 0.1) is 0 Å². The molecule has 0 unspecified atom stereocenters. The number of hydrogen-bond acceptors (Lipinski definition) is 2. The fourth-order valence-electron chi connectivity index (χ4n) is 0.811. The Labute approximate surface area is 77.4 Å². The largest absolute Gasteiger partial charge is 0.326 e. The molecule has 0 saturated heterocycles. The van der Waals surface area contributed by atoms with E-state index >= 15 is 0 Å². The highest BCUT2D eigenvalue weighted by atomic mass is 79.9.